The van der Waals surface area contributed by atoms with Crippen molar-refractivity contribution in [1.82, 2.24) is 0 Å². The fourth-order valence-corrected chi connectivity index (χ4v) is 3.11. The van der Waals surface area contributed by atoms with Gasteiger partial charge in [0.2, 0.25) is 0 Å². The van der Waals surface area contributed by atoms with Crippen LogP contribution in [-0.4, -0.2) is 18.5 Å². The second-order valence-electron chi connectivity index (χ2n) is 7.38. The highest BCUT2D eigenvalue weighted by Gasteiger charge is 2.08. The van der Waals surface area contributed by atoms with Gasteiger partial charge in [-0.05, 0) is 37.3 Å². The average molecular weight is 391 g/mol. The third-order valence-corrected chi connectivity index (χ3v) is 4.74. The van der Waals surface area contributed by atoms with Crippen LogP contribution < -0.4 is 4.74 Å². The van der Waals surface area contributed by atoms with Crippen LogP contribution >= 0.6 is 0 Å². The number of hydrogen-bond donors (Lipinski definition) is 0. The molecule has 0 fully saturated rings. The summed E-state index contributed by atoms with van der Waals surface area (Å²) in [5, 5.41) is 0. The molecule has 0 N–H and O–H groups in total. The molecule has 0 unspecified atom stereocenters. The second kappa shape index (κ2) is 16.1. The normalized spacial score (nSPS) is 10.6. The zero-order chi connectivity index (χ0) is 20.5. The molecular formula is C24H38O4. The summed E-state index contributed by atoms with van der Waals surface area (Å²) in [7, 11) is 0. The molecule has 1 aromatic carbocycles. The van der Waals surface area contributed by atoms with Gasteiger partial charge in [0.1, 0.15) is 5.75 Å². The minimum Gasteiger partial charge on any atom is -0.466 e. The van der Waals surface area contributed by atoms with Crippen LogP contribution in [0.4, 0.5) is 0 Å². The molecule has 0 aliphatic carbocycles. The van der Waals surface area contributed by atoms with Crippen LogP contribution in [0, 0.1) is 0 Å². The monoisotopic (exact) mass is 390 g/mol. The molecule has 1 rings (SSSR count). The SMILES string of the molecule is CCCCCOC(=O)CCCCCCCCC(=O)Oc1ccccc1CCC. The Morgan fingerprint density at radius 1 is 0.750 bits per heavy atom. The third kappa shape index (κ3) is 11.8. The largest absolute Gasteiger partial charge is 0.466 e. The fourth-order valence-electron chi connectivity index (χ4n) is 3.11. The van der Waals surface area contributed by atoms with Crippen molar-refractivity contribution >= 4 is 11.9 Å². The van der Waals surface area contributed by atoms with Gasteiger partial charge in [0, 0.05) is 12.8 Å². The molecule has 0 radical (unpaired) electrons. The molecule has 0 amide bonds. The predicted molar refractivity (Wildman–Crippen MR) is 113 cm³/mol. The van der Waals surface area contributed by atoms with Crippen LogP contribution in [0.5, 0.6) is 5.75 Å². The minimum atomic E-state index is -0.144. The summed E-state index contributed by atoms with van der Waals surface area (Å²) in [4.78, 5) is 23.6. The van der Waals surface area contributed by atoms with E-state index >= 15 is 0 Å². The van der Waals surface area contributed by atoms with Gasteiger partial charge in [-0.2, -0.15) is 0 Å². The number of unbranched alkanes of at least 4 members (excludes halogenated alkanes) is 7. The smallest absolute Gasteiger partial charge is 0.311 e. The number of carbonyl (C=O) groups excluding carboxylic acids is 2. The van der Waals surface area contributed by atoms with Crippen molar-refractivity contribution in [3.63, 3.8) is 0 Å². The lowest BCUT2D eigenvalue weighted by Gasteiger charge is -2.09. The summed E-state index contributed by atoms with van der Waals surface area (Å²) in [6.07, 6.45) is 12.2. The van der Waals surface area contributed by atoms with Gasteiger partial charge in [-0.15, -0.1) is 0 Å². The highest BCUT2D eigenvalue weighted by molar-refractivity contribution is 5.72. The molecule has 0 aliphatic heterocycles. The first-order chi connectivity index (χ1) is 13.7. The summed E-state index contributed by atoms with van der Waals surface area (Å²) in [5.74, 6) is 0.493. The van der Waals surface area contributed by atoms with E-state index in [0.717, 1.165) is 76.2 Å². The van der Waals surface area contributed by atoms with E-state index in [-0.39, 0.29) is 11.9 Å². The summed E-state index contributed by atoms with van der Waals surface area (Å²) in [5.41, 5.74) is 1.10. The molecule has 4 heteroatoms. The Labute approximate surface area is 171 Å². The number of ether oxygens (including phenoxy) is 2. The molecule has 0 bridgehead atoms. The van der Waals surface area contributed by atoms with Crippen molar-refractivity contribution in [2.24, 2.45) is 0 Å². The Bertz CT molecular complexity index is 553. The molecule has 0 aromatic heterocycles. The number of carbonyl (C=O) groups is 2. The second-order valence-corrected chi connectivity index (χ2v) is 7.38. The first-order valence-corrected chi connectivity index (χ1v) is 11.1. The number of hydrogen-bond acceptors (Lipinski definition) is 4. The van der Waals surface area contributed by atoms with Gasteiger partial charge in [0.05, 0.1) is 6.61 Å². The van der Waals surface area contributed by atoms with Crippen molar-refractivity contribution < 1.29 is 19.1 Å². The summed E-state index contributed by atoms with van der Waals surface area (Å²) in [6.45, 7) is 4.82. The van der Waals surface area contributed by atoms with E-state index in [4.69, 9.17) is 9.47 Å². The molecule has 158 valence electrons. The fraction of sp³-hybridized carbons (Fsp3) is 0.667. The topological polar surface area (TPSA) is 52.6 Å². The number of esters is 2. The van der Waals surface area contributed by atoms with Gasteiger partial charge in [0.15, 0.2) is 0 Å². The Kier molecular flexibility index (Phi) is 14.0. The van der Waals surface area contributed by atoms with E-state index in [2.05, 4.69) is 13.8 Å². The van der Waals surface area contributed by atoms with Crippen molar-refractivity contribution in [2.45, 2.75) is 97.3 Å². The van der Waals surface area contributed by atoms with Crippen molar-refractivity contribution in [1.29, 1.82) is 0 Å². The first-order valence-electron chi connectivity index (χ1n) is 11.1. The molecule has 0 aliphatic rings. The zero-order valence-corrected chi connectivity index (χ0v) is 17.8. The summed E-state index contributed by atoms with van der Waals surface area (Å²) in [6, 6.07) is 7.78. The van der Waals surface area contributed by atoms with E-state index in [1.165, 1.54) is 0 Å². The molecule has 0 spiro atoms. The lowest BCUT2D eigenvalue weighted by atomic mass is 10.1. The molecule has 0 heterocycles. The van der Waals surface area contributed by atoms with Crippen molar-refractivity contribution in [2.75, 3.05) is 6.61 Å². The van der Waals surface area contributed by atoms with E-state index in [0.29, 0.717) is 25.2 Å². The van der Waals surface area contributed by atoms with Gasteiger partial charge >= 0.3 is 11.9 Å². The Hall–Kier alpha value is -1.84. The number of aryl methyl sites for hydroxylation is 1. The highest BCUT2D eigenvalue weighted by Crippen LogP contribution is 2.20. The van der Waals surface area contributed by atoms with Gasteiger partial charge in [-0.1, -0.05) is 77.0 Å². The summed E-state index contributed by atoms with van der Waals surface area (Å²) >= 11 is 0. The lowest BCUT2D eigenvalue weighted by molar-refractivity contribution is -0.144. The molecule has 0 saturated carbocycles. The van der Waals surface area contributed by atoms with Crippen LogP contribution in [0.15, 0.2) is 24.3 Å². The Morgan fingerprint density at radius 3 is 2.07 bits per heavy atom. The van der Waals surface area contributed by atoms with Crippen LogP contribution in [0.3, 0.4) is 0 Å². The van der Waals surface area contributed by atoms with Gasteiger partial charge in [0.25, 0.3) is 0 Å². The first kappa shape index (κ1) is 24.2. The number of rotatable bonds is 16. The van der Waals surface area contributed by atoms with Gasteiger partial charge < -0.3 is 9.47 Å². The Balaban J connectivity index is 2.01. The molecular weight excluding hydrogens is 352 g/mol. The Morgan fingerprint density at radius 2 is 1.39 bits per heavy atom. The summed E-state index contributed by atoms with van der Waals surface area (Å²) < 4.78 is 10.7. The van der Waals surface area contributed by atoms with Crippen LogP contribution in [0.1, 0.15) is 96.5 Å². The molecule has 28 heavy (non-hydrogen) atoms. The standard InChI is InChI=1S/C24H38O4/c1-3-5-14-20-27-23(25)18-10-8-6-7-9-11-19-24(26)28-22-17-13-12-16-21(22)15-4-2/h12-13,16-17H,3-11,14-15,18-20H2,1-2H3. The number of benzene rings is 1. The van der Waals surface area contributed by atoms with E-state index in [1.807, 2.05) is 24.3 Å². The molecule has 4 nitrogen and oxygen atoms in total. The molecule has 0 atom stereocenters. The molecule has 1 aromatic rings. The van der Waals surface area contributed by atoms with Gasteiger partial charge in [-0.25, -0.2) is 0 Å². The van der Waals surface area contributed by atoms with Crippen LogP contribution in [0.2, 0.25) is 0 Å². The van der Waals surface area contributed by atoms with E-state index < -0.39 is 0 Å². The zero-order valence-electron chi connectivity index (χ0n) is 17.8. The maximum atomic E-state index is 12.0. The lowest BCUT2D eigenvalue weighted by Crippen LogP contribution is -2.09. The van der Waals surface area contributed by atoms with Crippen molar-refractivity contribution in [3.8, 4) is 5.75 Å². The average Bonchev–Trinajstić information content (AvgIpc) is 2.69. The third-order valence-electron chi connectivity index (χ3n) is 4.74. The molecule has 0 saturated heterocycles. The maximum absolute atomic E-state index is 12.0. The number of para-hydroxylation sites is 1. The predicted octanol–water partition coefficient (Wildman–Crippen LogP) is 6.40. The van der Waals surface area contributed by atoms with E-state index in [9.17, 15) is 9.59 Å². The highest BCUT2D eigenvalue weighted by atomic mass is 16.5. The maximum Gasteiger partial charge on any atom is 0.311 e. The van der Waals surface area contributed by atoms with Crippen LogP contribution in [-0.2, 0) is 20.7 Å². The van der Waals surface area contributed by atoms with E-state index in [1.54, 1.807) is 0 Å². The van der Waals surface area contributed by atoms with Crippen LogP contribution in [0.25, 0.3) is 0 Å². The quantitative estimate of drug-likeness (QED) is 0.186. The minimum absolute atomic E-state index is 0.0674. The van der Waals surface area contributed by atoms with Gasteiger partial charge in [-0.3, -0.25) is 9.59 Å². The van der Waals surface area contributed by atoms with Crippen molar-refractivity contribution in [3.05, 3.63) is 29.8 Å².